The van der Waals surface area contributed by atoms with Gasteiger partial charge in [-0.15, -0.1) is 0 Å². The van der Waals surface area contributed by atoms with Gasteiger partial charge >= 0.3 is 0 Å². The summed E-state index contributed by atoms with van der Waals surface area (Å²) >= 11 is 0. The fourth-order valence-electron chi connectivity index (χ4n) is 4.38. The Balaban J connectivity index is 1.34. The van der Waals surface area contributed by atoms with Crippen LogP contribution in [0, 0.1) is 5.82 Å². The van der Waals surface area contributed by atoms with E-state index in [0.717, 1.165) is 25.2 Å². The van der Waals surface area contributed by atoms with E-state index >= 15 is 0 Å². The van der Waals surface area contributed by atoms with E-state index in [1.54, 1.807) is 11.0 Å². The van der Waals surface area contributed by atoms with E-state index in [4.69, 9.17) is 4.74 Å². The Labute approximate surface area is 194 Å². The van der Waals surface area contributed by atoms with E-state index in [-0.39, 0.29) is 29.2 Å². The number of carbonyl (C=O) groups excluding carboxylic acids is 2. The van der Waals surface area contributed by atoms with Crippen molar-refractivity contribution in [2.24, 2.45) is 0 Å². The molecule has 2 amide bonds. The zero-order valence-corrected chi connectivity index (χ0v) is 19.4. The topological polar surface area (TPSA) is 65.1 Å². The van der Waals surface area contributed by atoms with Gasteiger partial charge in [0.05, 0.1) is 6.54 Å². The minimum atomic E-state index is -0.594. The molecule has 2 aromatic carbocycles. The predicted molar refractivity (Wildman–Crippen MR) is 126 cm³/mol. The third-order valence-electron chi connectivity index (χ3n) is 6.46. The Bertz CT molecular complexity index is 1010. The van der Waals surface area contributed by atoms with Crippen molar-refractivity contribution < 1.29 is 18.7 Å². The van der Waals surface area contributed by atoms with Crippen LogP contribution in [0.3, 0.4) is 0 Å². The number of rotatable bonds is 6. The molecule has 8 heteroatoms. The molecule has 2 aliphatic rings. The van der Waals surface area contributed by atoms with E-state index in [0.29, 0.717) is 31.2 Å². The standard InChI is InChI=1S/C25H31FN4O3/c1-17(31)29-13-11-22(16-29)33-24-9-4-18(14-23(24)26)25(32)27-19-5-7-20(8-6-19)30-12-10-21(15-30)28(2)3/h4-9,14,21-22H,10-13,15-16H2,1-3H3,(H,27,32). The molecule has 2 unspecified atom stereocenters. The Morgan fingerprint density at radius 2 is 1.82 bits per heavy atom. The molecule has 0 aliphatic carbocycles. The van der Waals surface area contributed by atoms with Gasteiger partial charge in [-0.25, -0.2) is 4.39 Å². The highest BCUT2D eigenvalue weighted by molar-refractivity contribution is 6.04. The van der Waals surface area contributed by atoms with E-state index in [1.165, 1.54) is 19.1 Å². The van der Waals surface area contributed by atoms with Crippen LogP contribution in [0.1, 0.15) is 30.1 Å². The summed E-state index contributed by atoms with van der Waals surface area (Å²) in [4.78, 5) is 30.3. The van der Waals surface area contributed by atoms with Crippen LogP contribution in [0.5, 0.6) is 5.75 Å². The fraction of sp³-hybridized carbons (Fsp3) is 0.440. The number of hydrogen-bond donors (Lipinski definition) is 1. The van der Waals surface area contributed by atoms with Crippen molar-refractivity contribution in [3.8, 4) is 5.75 Å². The third-order valence-corrected chi connectivity index (χ3v) is 6.46. The van der Waals surface area contributed by atoms with E-state index in [2.05, 4.69) is 29.2 Å². The van der Waals surface area contributed by atoms with Gasteiger partial charge in [-0.05, 0) is 63.0 Å². The van der Waals surface area contributed by atoms with Crippen molar-refractivity contribution in [3.05, 3.63) is 53.8 Å². The number of likely N-dealkylation sites (tertiary alicyclic amines) is 1. The second-order valence-electron chi connectivity index (χ2n) is 8.99. The normalized spacial score (nSPS) is 20.4. The molecule has 2 heterocycles. The second-order valence-corrected chi connectivity index (χ2v) is 8.99. The molecule has 0 bridgehead atoms. The molecule has 1 N–H and O–H groups in total. The van der Waals surface area contributed by atoms with Crippen molar-refractivity contribution in [1.82, 2.24) is 9.80 Å². The SMILES string of the molecule is CC(=O)N1CCC(Oc2ccc(C(=O)Nc3ccc(N4CCC(N(C)C)C4)cc3)cc2F)C1. The minimum absolute atomic E-state index is 0.0141. The lowest BCUT2D eigenvalue weighted by Crippen LogP contribution is -2.31. The largest absolute Gasteiger partial charge is 0.485 e. The van der Waals surface area contributed by atoms with Gasteiger partial charge in [-0.3, -0.25) is 9.59 Å². The molecule has 2 aromatic rings. The first kappa shape index (κ1) is 23.0. The van der Waals surface area contributed by atoms with Crippen molar-refractivity contribution in [2.75, 3.05) is 50.5 Å². The molecule has 2 fully saturated rings. The van der Waals surface area contributed by atoms with Crippen molar-refractivity contribution in [2.45, 2.75) is 31.9 Å². The quantitative estimate of drug-likeness (QED) is 0.726. The summed E-state index contributed by atoms with van der Waals surface area (Å²) in [5.74, 6) is -0.901. The van der Waals surface area contributed by atoms with Crippen LogP contribution in [0.4, 0.5) is 15.8 Å². The summed E-state index contributed by atoms with van der Waals surface area (Å²) in [6.07, 6.45) is 1.54. The van der Waals surface area contributed by atoms with Crippen LogP contribution in [-0.2, 0) is 4.79 Å². The lowest BCUT2D eigenvalue weighted by atomic mass is 10.2. The van der Waals surface area contributed by atoms with Crippen LogP contribution < -0.4 is 15.0 Å². The number of anilines is 2. The van der Waals surface area contributed by atoms with Crippen molar-refractivity contribution >= 4 is 23.2 Å². The summed E-state index contributed by atoms with van der Waals surface area (Å²) in [5.41, 5.74) is 2.00. The van der Waals surface area contributed by atoms with Gasteiger partial charge in [0.15, 0.2) is 11.6 Å². The average molecular weight is 455 g/mol. The number of benzene rings is 2. The van der Waals surface area contributed by atoms with E-state index < -0.39 is 5.82 Å². The number of carbonyl (C=O) groups is 2. The highest BCUT2D eigenvalue weighted by Crippen LogP contribution is 2.25. The maximum atomic E-state index is 14.6. The third kappa shape index (κ3) is 5.45. The summed E-state index contributed by atoms with van der Waals surface area (Å²) in [6.45, 7) is 4.56. The first-order chi connectivity index (χ1) is 15.8. The zero-order chi connectivity index (χ0) is 23.5. The first-order valence-electron chi connectivity index (χ1n) is 11.3. The van der Waals surface area contributed by atoms with Gasteiger partial charge < -0.3 is 24.8 Å². The van der Waals surface area contributed by atoms with Crippen LogP contribution in [0.15, 0.2) is 42.5 Å². The lowest BCUT2D eigenvalue weighted by molar-refractivity contribution is -0.128. The number of amides is 2. The summed E-state index contributed by atoms with van der Waals surface area (Å²) in [7, 11) is 4.20. The van der Waals surface area contributed by atoms with Crippen molar-refractivity contribution in [3.63, 3.8) is 0 Å². The molecular formula is C25H31FN4O3. The van der Waals surface area contributed by atoms with Crippen LogP contribution in [0.25, 0.3) is 0 Å². The van der Waals surface area contributed by atoms with E-state index in [9.17, 15) is 14.0 Å². The molecular weight excluding hydrogens is 423 g/mol. The second kappa shape index (κ2) is 9.79. The Kier molecular flexibility index (Phi) is 6.83. The number of halogens is 1. The molecule has 2 saturated heterocycles. The Morgan fingerprint density at radius 3 is 2.42 bits per heavy atom. The zero-order valence-electron chi connectivity index (χ0n) is 19.4. The maximum absolute atomic E-state index is 14.6. The molecule has 4 rings (SSSR count). The molecule has 0 radical (unpaired) electrons. The van der Waals surface area contributed by atoms with Gasteiger partial charge in [0, 0.05) is 56.0 Å². The molecule has 33 heavy (non-hydrogen) atoms. The monoisotopic (exact) mass is 454 g/mol. The molecule has 0 aromatic heterocycles. The highest BCUT2D eigenvalue weighted by Gasteiger charge is 2.27. The number of ether oxygens (including phenoxy) is 1. The Hall–Kier alpha value is -3.13. The van der Waals surface area contributed by atoms with Crippen LogP contribution in [0.2, 0.25) is 0 Å². The van der Waals surface area contributed by atoms with Gasteiger partial charge in [0.2, 0.25) is 5.91 Å². The van der Waals surface area contributed by atoms with Gasteiger partial charge in [-0.1, -0.05) is 0 Å². The molecule has 7 nitrogen and oxygen atoms in total. The summed E-state index contributed by atoms with van der Waals surface area (Å²) in [6, 6.07) is 12.5. The molecule has 0 spiro atoms. The van der Waals surface area contributed by atoms with Gasteiger partial charge in [-0.2, -0.15) is 0 Å². The van der Waals surface area contributed by atoms with Gasteiger partial charge in [0.1, 0.15) is 6.10 Å². The minimum Gasteiger partial charge on any atom is -0.485 e. The fourth-order valence-corrected chi connectivity index (χ4v) is 4.38. The number of hydrogen-bond acceptors (Lipinski definition) is 5. The lowest BCUT2D eigenvalue weighted by Gasteiger charge is -2.22. The smallest absolute Gasteiger partial charge is 0.255 e. The number of nitrogens with zero attached hydrogens (tertiary/aromatic N) is 3. The predicted octanol–water partition coefficient (Wildman–Crippen LogP) is 3.22. The van der Waals surface area contributed by atoms with Crippen molar-refractivity contribution in [1.29, 1.82) is 0 Å². The maximum Gasteiger partial charge on any atom is 0.255 e. The van der Waals surface area contributed by atoms with Gasteiger partial charge in [0.25, 0.3) is 5.91 Å². The number of likely N-dealkylation sites (N-methyl/N-ethyl adjacent to an activating group) is 1. The van der Waals surface area contributed by atoms with Crippen LogP contribution >= 0.6 is 0 Å². The highest BCUT2D eigenvalue weighted by atomic mass is 19.1. The first-order valence-corrected chi connectivity index (χ1v) is 11.3. The number of nitrogens with one attached hydrogen (secondary N) is 1. The average Bonchev–Trinajstić information content (AvgIpc) is 3.46. The van der Waals surface area contributed by atoms with E-state index in [1.807, 2.05) is 24.3 Å². The molecule has 0 saturated carbocycles. The Morgan fingerprint density at radius 1 is 1.06 bits per heavy atom. The molecule has 2 aliphatic heterocycles. The van der Waals surface area contributed by atoms with Crippen LogP contribution in [-0.4, -0.2) is 74.0 Å². The molecule has 176 valence electrons. The summed E-state index contributed by atoms with van der Waals surface area (Å²) in [5, 5.41) is 2.82. The molecule has 2 atom stereocenters. The summed E-state index contributed by atoms with van der Waals surface area (Å²) < 4.78 is 20.3.